The summed E-state index contributed by atoms with van der Waals surface area (Å²) < 4.78 is 0. The zero-order chi connectivity index (χ0) is 21.5. The summed E-state index contributed by atoms with van der Waals surface area (Å²) in [6.45, 7) is 8.07. The van der Waals surface area contributed by atoms with Gasteiger partial charge in [0.05, 0.1) is 17.2 Å². The van der Waals surface area contributed by atoms with Crippen molar-refractivity contribution in [3.05, 3.63) is 76.1 Å². The van der Waals surface area contributed by atoms with E-state index in [1.807, 2.05) is 6.92 Å². The quantitative estimate of drug-likeness (QED) is 0.589. The van der Waals surface area contributed by atoms with Gasteiger partial charge in [-0.15, -0.1) is 11.3 Å². The summed E-state index contributed by atoms with van der Waals surface area (Å²) in [6.07, 6.45) is 0.840. The van der Waals surface area contributed by atoms with E-state index in [0.717, 1.165) is 55.4 Å². The third-order valence-electron chi connectivity index (χ3n) is 5.69. The van der Waals surface area contributed by atoms with Crippen LogP contribution < -0.4 is 5.32 Å². The van der Waals surface area contributed by atoms with Gasteiger partial charge in [-0.3, -0.25) is 14.6 Å². The number of carbonyl (C=O) groups is 1. The number of rotatable bonds is 8. The molecule has 0 atom stereocenters. The van der Waals surface area contributed by atoms with Crippen molar-refractivity contribution in [2.75, 3.05) is 39.3 Å². The highest BCUT2D eigenvalue weighted by Crippen LogP contribution is 2.21. The largest absolute Gasteiger partial charge is 0.355 e. The van der Waals surface area contributed by atoms with E-state index in [0.29, 0.717) is 13.1 Å². The van der Waals surface area contributed by atoms with E-state index in [1.54, 1.807) is 11.3 Å². The molecular weight excluding hydrogens is 404 g/mol. The van der Waals surface area contributed by atoms with Crippen LogP contribution in [0.5, 0.6) is 0 Å². The zero-order valence-electron chi connectivity index (χ0n) is 18.1. The van der Waals surface area contributed by atoms with Gasteiger partial charge in [0.25, 0.3) is 0 Å². The molecule has 2 heterocycles. The van der Waals surface area contributed by atoms with Crippen LogP contribution in [-0.2, 0) is 17.8 Å². The minimum atomic E-state index is 0.117. The number of nitrogens with one attached hydrogen (secondary N) is 1. The first kappa shape index (κ1) is 21.7. The lowest BCUT2D eigenvalue weighted by atomic mass is 10.1. The van der Waals surface area contributed by atoms with Gasteiger partial charge in [0.15, 0.2) is 0 Å². The Morgan fingerprint density at radius 3 is 2.35 bits per heavy atom. The molecule has 0 saturated carbocycles. The Balaban J connectivity index is 1.14. The van der Waals surface area contributed by atoms with Crippen molar-refractivity contribution in [2.24, 2.45) is 0 Å². The molecule has 31 heavy (non-hydrogen) atoms. The van der Waals surface area contributed by atoms with Crippen LogP contribution >= 0.6 is 11.3 Å². The molecular formula is C25H30N4OS. The molecule has 1 N–H and O–H groups in total. The van der Waals surface area contributed by atoms with Crippen LogP contribution in [0.15, 0.2) is 60.0 Å². The number of aromatic nitrogens is 1. The van der Waals surface area contributed by atoms with Gasteiger partial charge in [0, 0.05) is 50.2 Å². The number of hydrogen-bond acceptors (Lipinski definition) is 5. The van der Waals surface area contributed by atoms with E-state index in [2.05, 4.69) is 80.1 Å². The van der Waals surface area contributed by atoms with Crippen molar-refractivity contribution in [1.29, 1.82) is 0 Å². The van der Waals surface area contributed by atoms with Gasteiger partial charge >= 0.3 is 0 Å². The summed E-state index contributed by atoms with van der Waals surface area (Å²) in [4.78, 5) is 21.6. The number of piperazine rings is 1. The maximum absolute atomic E-state index is 12.3. The molecule has 1 amide bonds. The van der Waals surface area contributed by atoms with Crippen molar-refractivity contribution in [1.82, 2.24) is 20.1 Å². The summed E-state index contributed by atoms with van der Waals surface area (Å²) in [5.74, 6) is 0.117. The molecule has 162 valence electrons. The number of hydrogen-bond donors (Lipinski definition) is 1. The van der Waals surface area contributed by atoms with Gasteiger partial charge in [-0.05, 0) is 24.5 Å². The van der Waals surface area contributed by atoms with Crippen LogP contribution in [-0.4, -0.2) is 60.0 Å². The predicted molar refractivity (Wildman–Crippen MR) is 127 cm³/mol. The van der Waals surface area contributed by atoms with Gasteiger partial charge in [0.1, 0.15) is 0 Å². The van der Waals surface area contributed by atoms with Crippen LogP contribution in [0.25, 0.3) is 11.3 Å². The Morgan fingerprint density at radius 1 is 0.968 bits per heavy atom. The van der Waals surface area contributed by atoms with Crippen LogP contribution in [0.4, 0.5) is 0 Å². The van der Waals surface area contributed by atoms with E-state index in [4.69, 9.17) is 0 Å². The van der Waals surface area contributed by atoms with Crippen molar-refractivity contribution in [3.63, 3.8) is 0 Å². The second-order valence-electron chi connectivity index (χ2n) is 8.09. The Bertz CT molecular complexity index is 963. The lowest BCUT2D eigenvalue weighted by Gasteiger charge is -2.34. The molecule has 0 unspecified atom stereocenters. The number of aryl methyl sites for hydroxylation is 1. The third-order valence-corrected chi connectivity index (χ3v) is 6.46. The molecule has 1 aliphatic rings. The van der Waals surface area contributed by atoms with Crippen molar-refractivity contribution in [2.45, 2.75) is 19.9 Å². The number of amides is 1. The van der Waals surface area contributed by atoms with Gasteiger partial charge in [-0.1, -0.05) is 54.6 Å². The average Bonchev–Trinajstić information content (AvgIpc) is 3.23. The number of benzene rings is 2. The summed E-state index contributed by atoms with van der Waals surface area (Å²) in [5.41, 5.74) is 4.75. The highest BCUT2D eigenvalue weighted by atomic mass is 32.1. The summed E-state index contributed by atoms with van der Waals surface area (Å²) in [6, 6.07) is 19.1. The molecule has 1 aromatic heterocycles. The smallest absolute Gasteiger partial charge is 0.234 e. The van der Waals surface area contributed by atoms with Crippen molar-refractivity contribution in [3.8, 4) is 11.3 Å². The highest BCUT2D eigenvalue weighted by molar-refractivity contribution is 7.09. The Kier molecular flexibility index (Phi) is 7.46. The van der Waals surface area contributed by atoms with E-state index in [-0.39, 0.29) is 5.91 Å². The predicted octanol–water partition coefficient (Wildman–Crippen LogP) is 3.60. The highest BCUT2D eigenvalue weighted by Gasteiger charge is 2.18. The van der Waals surface area contributed by atoms with Crippen molar-refractivity contribution >= 4 is 17.2 Å². The van der Waals surface area contributed by atoms with Gasteiger partial charge in [-0.2, -0.15) is 0 Å². The van der Waals surface area contributed by atoms with Crippen LogP contribution in [0.3, 0.4) is 0 Å². The number of carbonyl (C=O) groups excluding carboxylic acids is 1. The fraction of sp³-hybridized carbons (Fsp3) is 0.360. The minimum Gasteiger partial charge on any atom is -0.355 e. The van der Waals surface area contributed by atoms with Crippen molar-refractivity contribution < 1.29 is 4.79 Å². The van der Waals surface area contributed by atoms with Crippen LogP contribution in [0.2, 0.25) is 0 Å². The molecule has 3 aromatic rings. The molecule has 4 rings (SSSR count). The maximum Gasteiger partial charge on any atom is 0.234 e. The summed E-state index contributed by atoms with van der Waals surface area (Å²) in [5, 5.41) is 6.25. The topological polar surface area (TPSA) is 48.5 Å². The first-order valence-electron chi connectivity index (χ1n) is 10.9. The summed E-state index contributed by atoms with van der Waals surface area (Å²) >= 11 is 1.67. The fourth-order valence-corrected chi connectivity index (χ4v) is 4.51. The molecule has 0 spiro atoms. The van der Waals surface area contributed by atoms with E-state index in [9.17, 15) is 4.79 Å². The Morgan fingerprint density at radius 2 is 1.68 bits per heavy atom. The van der Waals surface area contributed by atoms with Gasteiger partial charge in [-0.25, -0.2) is 4.98 Å². The van der Waals surface area contributed by atoms with E-state index >= 15 is 0 Å². The standard InChI is InChI=1S/C25H30N4OS/c1-20-27-24(19-31-20)23-9-7-21(8-10-23)11-12-26-25(30)18-29-15-13-28(14-16-29)17-22-5-3-2-4-6-22/h2-10,19H,11-18H2,1H3,(H,26,30). The van der Waals surface area contributed by atoms with Gasteiger partial charge < -0.3 is 5.32 Å². The molecule has 0 aliphatic carbocycles. The maximum atomic E-state index is 12.3. The lowest BCUT2D eigenvalue weighted by molar-refractivity contribution is -0.122. The second kappa shape index (κ2) is 10.7. The SMILES string of the molecule is Cc1nc(-c2ccc(CCNC(=O)CN3CCN(Cc4ccccc4)CC3)cc2)cs1. The first-order valence-corrected chi connectivity index (χ1v) is 11.8. The lowest BCUT2D eigenvalue weighted by Crippen LogP contribution is -2.49. The van der Waals surface area contributed by atoms with Gasteiger partial charge in [0.2, 0.25) is 5.91 Å². The van der Waals surface area contributed by atoms with Crippen LogP contribution in [0, 0.1) is 6.92 Å². The first-order chi connectivity index (χ1) is 15.2. The normalized spacial score (nSPS) is 15.1. The molecule has 2 aromatic carbocycles. The molecule has 1 fully saturated rings. The number of thiazole rings is 1. The molecule has 6 heteroatoms. The van der Waals surface area contributed by atoms with E-state index in [1.165, 1.54) is 11.1 Å². The Hall–Kier alpha value is -2.54. The average molecular weight is 435 g/mol. The molecule has 0 bridgehead atoms. The van der Waals surface area contributed by atoms with Crippen LogP contribution in [0.1, 0.15) is 16.1 Å². The summed E-state index contributed by atoms with van der Waals surface area (Å²) in [7, 11) is 0. The zero-order valence-corrected chi connectivity index (χ0v) is 18.9. The monoisotopic (exact) mass is 434 g/mol. The van der Waals surface area contributed by atoms with E-state index < -0.39 is 0 Å². The third kappa shape index (κ3) is 6.47. The minimum absolute atomic E-state index is 0.117. The Labute approximate surface area is 188 Å². The molecule has 1 aliphatic heterocycles. The number of nitrogens with zero attached hydrogens (tertiary/aromatic N) is 3. The molecule has 5 nitrogen and oxygen atoms in total. The molecule has 1 saturated heterocycles. The molecule has 0 radical (unpaired) electrons. The fourth-order valence-electron chi connectivity index (χ4n) is 3.89. The second-order valence-corrected chi connectivity index (χ2v) is 9.15.